The van der Waals surface area contributed by atoms with Gasteiger partial charge < -0.3 is 0 Å². The average Bonchev–Trinajstić information content (AvgIpc) is 3.34. The Kier molecular flexibility index (Phi) is 5.94. The summed E-state index contributed by atoms with van der Waals surface area (Å²) in [6.07, 6.45) is 0. The van der Waals surface area contributed by atoms with Gasteiger partial charge in [0, 0.05) is 35.0 Å². The van der Waals surface area contributed by atoms with Gasteiger partial charge in [-0.3, -0.25) is 24.5 Å². The molecule has 0 bridgehead atoms. The summed E-state index contributed by atoms with van der Waals surface area (Å²) in [5.74, 6) is -0.363. The zero-order chi connectivity index (χ0) is 23.0. The molecule has 0 aliphatic rings. The number of nitrogens with zero attached hydrogens (tertiary/aromatic N) is 5. The molecule has 0 fully saturated rings. The molecule has 2 aromatic heterocycles. The molecule has 0 spiro atoms. The van der Waals surface area contributed by atoms with Crippen molar-refractivity contribution >= 4 is 49.9 Å². The second-order valence-electron chi connectivity index (χ2n) is 7.43. The molecule has 10 heteroatoms. The number of hydrogen-bond donors (Lipinski definition) is 0. The Bertz CT molecular complexity index is 1350. The predicted molar refractivity (Wildman–Crippen MR) is 126 cm³/mol. The summed E-state index contributed by atoms with van der Waals surface area (Å²) in [7, 11) is 0. The summed E-state index contributed by atoms with van der Waals surface area (Å²) < 4.78 is 2.74. The number of aryl methyl sites for hydroxylation is 3. The van der Waals surface area contributed by atoms with Crippen LogP contribution in [0, 0.1) is 30.9 Å². The van der Waals surface area contributed by atoms with E-state index in [-0.39, 0.29) is 17.2 Å². The number of anilines is 1. The van der Waals surface area contributed by atoms with Crippen molar-refractivity contribution in [3.63, 3.8) is 0 Å². The zero-order valence-corrected chi connectivity index (χ0v) is 19.3. The second-order valence-corrected chi connectivity index (χ2v) is 8.85. The molecule has 164 valence electrons. The fourth-order valence-electron chi connectivity index (χ4n) is 3.49. The van der Waals surface area contributed by atoms with Crippen molar-refractivity contribution in [2.24, 2.45) is 0 Å². The van der Waals surface area contributed by atoms with E-state index in [1.807, 2.05) is 43.7 Å². The van der Waals surface area contributed by atoms with Gasteiger partial charge in [-0.25, -0.2) is 4.98 Å². The van der Waals surface area contributed by atoms with Gasteiger partial charge in [-0.05, 0) is 50.6 Å². The fourth-order valence-corrected chi connectivity index (χ4v) is 4.69. The van der Waals surface area contributed by atoms with Gasteiger partial charge in [0.2, 0.25) is 0 Å². The molecule has 0 atom stereocenters. The molecule has 2 aromatic carbocycles. The summed E-state index contributed by atoms with van der Waals surface area (Å²) >= 11 is 7.63. The molecule has 4 aromatic rings. The van der Waals surface area contributed by atoms with Crippen LogP contribution < -0.4 is 4.90 Å². The molecular weight excluding hydrogens is 450 g/mol. The van der Waals surface area contributed by atoms with Crippen molar-refractivity contribution in [3.8, 4) is 0 Å². The first-order valence-electron chi connectivity index (χ1n) is 9.87. The molecule has 4 rings (SSSR count). The number of carbonyl (C=O) groups is 1. The van der Waals surface area contributed by atoms with Crippen LogP contribution in [0.4, 0.5) is 10.8 Å². The normalized spacial score (nSPS) is 11.1. The van der Waals surface area contributed by atoms with Crippen LogP contribution in [0.1, 0.15) is 27.3 Å². The number of non-ortho nitro benzene ring substituents is 1. The maximum atomic E-state index is 13.5. The number of carbonyl (C=O) groups excluding carboxylic acids is 1. The summed E-state index contributed by atoms with van der Waals surface area (Å²) in [6.45, 7) is 6.51. The van der Waals surface area contributed by atoms with Crippen molar-refractivity contribution in [2.45, 2.75) is 27.3 Å². The van der Waals surface area contributed by atoms with E-state index in [0.29, 0.717) is 23.2 Å². The second kappa shape index (κ2) is 8.68. The maximum absolute atomic E-state index is 13.5. The molecule has 0 aliphatic carbocycles. The highest BCUT2D eigenvalue weighted by atomic mass is 35.5. The van der Waals surface area contributed by atoms with Crippen LogP contribution in [0.15, 0.2) is 42.5 Å². The Morgan fingerprint density at radius 1 is 1.22 bits per heavy atom. The molecule has 0 unspecified atom stereocenters. The van der Waals surface area contributed by atoms with Gasteiger partial charge in [0.25, 0.3) is 11.6 Å². The Morgan fingerprint density at radius 3 is 2.69 bits per heavy atom. The Hall–Kier alpha value is -3.30. The predicted octanol–water partition coefficient (Wildman–Crippen LogP) is 5.33. The lowest BCUT2D eigenvalue weighted by Crippen LogP contribution is -2.34. The van der Waals surface area contributed by atoms with Crippen LogP contribution in [-0.2, 0) is 6.54 Å². The zero-order valence-electron chi connectivity index (χ0n) is 17.7. The number of aromatic nitrogens is 3. The van der Waals surface area contributed by atoms with E-state index in [9.17, 15) is 14.9 Å². The largest absolute Gasteiger partial charge is 0.282 e. The molecule has 0 aliphatic heterocycles. The quantitative estimate of drug-likeness (QED) is 0.281. The third-order valence-electron chi connectivity index (χ3n) is 5.16. The lowest BCUT2D eigenvalue weighted by molar-refractivity contribution is -0.384. The third-order valence-corrected chi connectivity index (χ3v) is 6.61. The first kappa shape index (κ1) is 21.9. The topological polar surface area (TPSA) is 94.2 Å². The number of hydrogen-bond acceptors (Lipinski definition) is 6. The van der Waals surface area contributed by atoms with E-state index >= 15 is 0 Å². The van der Waals surface area contributed by atoms with E-state index in [4.69, 9.17) is 16.6 Å². The number of nitro benzene ring substituents is 1. The molecule has 1 amide bonds. The lowest BCUT2D eigenvalue weighted by atomic mass is 10.2. The molecule has 0 saturated carbocycles. The Morgan fingerprint density at radius 2 is 2.00 bits per heavy atom. The minimum Gasteiger partial charge on any atom is -0.282 e. The molecule has 8 nitrogen and oxygen atoms in total. The number of fused-ring (bicyclic) bond motifs is 1. The first-order valence-corrected chi connectivity index (χ1v) is 11.1. The van der Waals surface area contributed by atoms with Crippen LogP contribution >= 0.6 is 22.9 Å². The number of halogens is 1. The third kappa shape index (κ3) is 4.21. The van der Waals surface area contributed by atoms with Crippen molar-refractivity contribution in [1.82, 2.24) is 14.8 Å². The first-order chi connectivity index (χ1) is 15.2. The number of benzene rings is 2. The number of thiazole rings is 1. The summed E-state index contributed by atoms with van der Waals surface area (Å²) in [6, 6.07) is 11.4. The standard InChI is InChI=1S/C22H20ClN5O3S/c1-13-11-14(2)27(25-13)10-9-26(21(29)16-5-4-6-17(12-16)28(30)31)22-24-20-15(3)18(23)7-8-19(20)32-22/h4-8,11-12H,9-10H2,1-3H3. The van der Waals surface area contributed by atoms with Crippen molar-refractivity contribution < 1.29 is 9.72 Å². The lowest BCUT2D eigenvalue weighted by Gasteiger charge is -2.20. The van der Waals surface area contributed by atoms with Crippen LogP contribution in [0.25, 0.3) is 10.2 Å². The van der Waals surface area contributed by atoms with Gasteiger partial charge in [0.1, 0.15) is 0 Å². The number of rotatable bonds is 6. The van der Waals surface area contributed by atoms with E-state index in [0.717, 1.165) is 27.2 Å². The minimum atomic E-state index is -0.514. The number of nitro groups is 1. The van der Waals surface area contributed by atoms with Crippen LogP contribution in [0.2, 0.25) is 5.02 Å². The summed E-state index contributed by atoms with van der Waals surface area (Å²) in [5, 5.41) is 16.8. The van der Waals surface area contributed by atoms with Gasteiger partial charge in [-0.15, -0.1) is 0 Å². The molecule has 0 saturated heterocycles. The Balaban J connectivity index is 1.75. The highest BCUT2D eigenvalue weighted by Crippen LogP contribution is 2.34. The van der Waals surface area contributed by atoms with Crippen molar-refractivity contribution in [3.05, 3.63) is 80.1 Å². The summed E-state index contributed by atoms with van der Waals surface area (Å²) in [4.78, 5) is 30.4. The molecule has 0 radical (unpaired) electrons. The average molecular weight is 470 g/mol. The summed E-state index contributed by atoms with van der Waals surface area (Å²) in [5.41, 5.74) is 3.54. The molecule has 0 N–H and O–H groups in total. The van der Waals surface area contributed by atoms with Gasteiger partial charge >= 0.3 is 0 Å². The molecule has 2 heterocycles. The van der Waals surface area contributed by atoms with Gasteiger partial charge in [-0.2, -0.15) is 5.10 Å². The van der Waals surface area contributed by atoms with Crippen LogP contribution in [0.3, 0.4) is 0 Å². The molecule has 32 heavy (non-hydrogen) atoms. The molecular formula is C22H20ClN5O3S. The maximum Gasteiger partial charge on any atom is 0.270 e. The van der Waals surface area contributed by atoms with E-state index in [2.05, 4.69) is 5.10 Å². The monoisotopic (exact) mass is 469 g/mol. The number of amides is 1. The van der Waals surface area contributed by atoms with Gasteiger partial charge in [0.15, 0.2) is 5.13 Å². The van der Waals surface area contributed by atoms with Crippen molar-refractivity contribution in [2.75, 3.05) is 11.4 Å². The van der Waals surface area contributed by atoms with E-state index in [1.54, 1.807) is 11.0 Å². The fraction of sp³-hybridized carbons (Fsp3) is 0.227. The van der Waals surface area contributed by atoms with Crippen molar-refractivity contribution in [1.29, 1.82) is 0 Å². The van der Waals surface area contributed by atoms with Crippen LogP contribution in [0.5, 0.6) is 0 Å². The van der Waals surface area contributed by atoms with Gasteiger partial charge in [-0.1, -0.05) is 29.0 Å². The smallest absolute Gasteiger partial charge is 0.270 e. The van der Waals surface area contributed by atoms with Crippen LogP contribution in [-0.4, -0.2) is 32.1 Å². The SMILES string of the molecule is Cc1cc(C)n(CCN(C(=O)c2cccc([N+](=O)[O-])c2)c2nc3c(C)c(Cl)ccc3s2)n1. The highest BCUT2D eigenvalue weighted by Gasteiger charge is 2.24. The highest BCUT2D eigenvalue weighted by molar-refractivity contribution is 7.22. The van der Waals surface area contributed by atoms with E-state index in [1.165, 1.54) is 29.5 Å². The minimum absolute atomic E-state index is 0.138. The van der Waals surface area contributed by atoms with Gasteiger partial charge in [0.05, 0.1) is 27.4 Å². The Labute approximate surface area is 193 Å². The van der Waals surface area contributed by atoms with E-state index < -0.39 is 4.92 Å².